The van der Waals surface area contributed by atoms with E-state index in [1.807, 2.05) is 32.0 Å². The molecule has 1 aliphatic heterocycles. The molecule has 0 bridgehead atoms. The number of aryl methyl sites for hydroxylation is 2. The number of amides is 2. The van der Waals surface area contributed by atoms with E-state index in [0.717, 1.165) is 11.1 Å². The molecule has 0 fully saturated rings. The maximum atomic E-state index is 12.8. The molecule has 7 nitrogen and oxygen atoms in total. The number of carbonyl (C=O) groups excluding carboxylic acids is 2. The number of ether oxygens (including phenoxy) is 1. The first-order valence-corrected chi connectivity index (χ1v) is 8.83. The standard InChI is InChI=1S/C21H22N2O5/c1-12-7-13(2)9-15(8-12)22-18(24)11-23-16-6-5-14(19(25)26)10-17(16)28-21(3,4)20(23)27/h5-10H,11H2,1-4H3,(H,22,24)(H,25,26). The molecule has 2 amide bonds. The Hall–Kier alpha value is -3.35. The summed E-state index contributed by atoms with van der Waals surface area (Å²) < 4.78 is 5.70. The predicted octanol–water partition coefficient (Wildman–Crippen LogP) is 3.14. The second-order valence-electron chi connectivity index (χ2n) is 7.42. The van der Waals surface area contributed by atoms with Crippen LogP contribution in [-0.4, -0.2) is 35.0 Å². The number of hydrogen-bond donors (Lipinski definition) is 2. The topological polar surface area (TPSA) is 95.9 Å². The van der Waals surface area contributed by atoms with E-state index in [-0.39, 0.29) is 29.7 Å². The number of aromatic carboxylic acids is 1. The van der Waals surface area contributed by atoms with Gasteiger partial charge in [0.05, 0.1) is 11.3 Å². The van der Waals surface area contributed by atoms with Crippen molar-refractivity contribution in [3.63, 3.8) is 0 Å². The molecule has 3 rings (SSSR count). The highest BCUT2D eigenvalue weighted by Crippen LogP contribution is 2.38. The molecule has 7 heteroatoms. The lowest BCUT2D eigenvalue weighted by Gasteiger charge is -2.38. The number of nitrogens with one attached hydrogen (secondary N) is 1. The van der Waals surface area contributed by atoms with Gasteiger partial charge in [-0.25, -0.2) is 4.79 Å². The van der Waals surface area contributed by atoms with E-state index in [1.54, 1.807) is 13.8 Å². The average molecular weight is 382 g/mol. The van der Waals surface area contributed by atoms with Gasteiger partial charge in [0.2, 0.25) is 5.91 Å². The van der Waals surface area contributed by atoms with Gasteiger partial charge in [0.15, 0.2) is 5.60 Å². The number of carboxylic acid groups (broad SMARTS) is 1. The molecule has 0 spiro atoms. The third kappa shape index (κ3) is 3.83. The van der Waals surface area contributed by atoms with Crippen LogP contribution in [0.1, 0.15) is 35.3 Å². The van der Waals surface area contributed by atoms with Crippen LogP contribution < -0.4 is 15.0 Å². The molecule has 0 saturated carbocycles. The van der Waals surface area contributed by atoms with E-state index in [9.17, 15) is 19.5 Å². The molecular formula is C21H22N2O5. The highest BCUT2D eigenvalue weighted by molar-refractivity contribution is 6.08. The molecule has 1 heterocycles. The number of benzene rings is 2. The van der Waals surface area contributed by atoms with Crippen molar-refractivity contribution in [2.24, 2.45) is 0 Å². The van der Waals surface area contributed by atoms with Gasteiger partial charge < -0.3 is 15.2 Å². The highest BCUT2D eigenvalue weighted by atomic mass is 16.5. The van der Waals surface area contributed by atoms with Crippen LogP contribution in [-0.2, 0) is 9.59 Å². The summed E-state index contributed by atoms with van der Waals surface area (Å²) in [5, 5.41) is 12.0. The minimum Gasteiger partial charge on any atom is -0.478 e. The van der Waals surface area contributed by atoms with E-state index in [2.05, 4.69) is 5.32 Å². The molecule has 0 saturated heterocycles. The van der Waals surface area contributed by atoms with E-state index in [4.69, 9.17) is 4.74 Å². The zero-order chi connectivity index (χ0) is 20.6. The van der Waals surface area contributed by atoms with Crippen LogP contribution in [0.25, 0.3) is 0 Å². The summed E-state index contributed by atoms with van der Waals surface area (Å²) in [7, 11) is 0. The smallest absolute Gasteiger partial charge is 0.335 e. The molecule has 146 valence electrons. The summed E-state index contributed by atoms with van der Waals surface area (Å²) >= 11 is 0. The van der Waals surface area contributed by atoms with Crippen LogP contribution in [0.3, 0.4) is 0 Å². The van der Waals surface area contributed by atoms with Crippen LogP contribution >= 0.6 is 0 Å². The quantitative estimate of drug-likeness (QED) is 0.847. The van der Waals surface area contributed by atoms with E-state index in [0.29, 0.717) is 11.4 Å². The normalized spacial score (nSPS) is 14.9. The summed E-state index contributed by atoms with van der Waals surface area (Å²) in [6.07, 6.45) is 0. The first kappa shape index (κ1) is 19.4. The summed E-state index contributed by atoms with van der Waals surface area (Å²) in [4.78, 5) is 38.0. The second-order valence-corrected chi connectivity index (χ2v) is 7.42. The van der Waals surface area contributed by atoms with Gasteiger partial charge in [-0.05, 0) is 69.2 Å². The predicted molar refractivity (Wildman–Crippen MR) is 105 cm³/mol. The lowest BCUT2D eigenvalue weighted by atomic mass is 10.0. The van der Waals surface area contributed by atoms with Crippen molar-refractivity contribution in [1.29, 1.82) is 0 Å². The number of anilines is 2. The maximum Gasteiger partial charge on any atom is 0.335 e. The second kappa shape index (κ2) is 6.99. The molecule has 2 aromatic carbocycles. The fourth-order valence-corrected chi connectivity index (χ4v) is 3.25. The Morgan fingerprint density at radius 3 is 2.36 bits per heavy atom. The number of hydrogen-bond acceptors (Lipinski definition) is 4. The van der Waals surface area contributed by atoms with E-state index >= 15 is 0 Å². The van der Waals surface area contributed by atoms with Crippen LogP contribution in [0.15, 0.2) is 36.4 Å². The lowest BCUT2D eigenvalue weighted by molar-refractivity contribution is -0.133. The van der Waals surface area contributed by atoms with Crippen LogP contribution in [0.4, 0.5) is 11.4 Å². The third-order valence-corrected chi connectivity index (χ3v) is 4.43. The van der Waals surface area contributed by atoms with Crippen molar-refractivity contribution in [3.8, 4) is 5.75 Å². The monoisotopic (exact) mass is 382 g/mol. The molecule has 0 aliphatic carbocycles. The molecule has 0 atom stereocenters. The molecule has 2 N–H and O–H groups in total. The molecule has 0 unspecified atom stereocenters. The first-order chi connectivity index (χ1) is 13.1. The van der Waals surface area contributed by atoms with E-state index in [1.165, 1.54) is 23.1 Å². The number of nitrogens with zero attached hydrogens (tertiary/aromatic N) is 1. The van der Waals surface area contributed by atoms with Crippen molar-refractivity contribution in [3.05, 3.63) is 53.1 Å². The van der Waals surface area contributed by atoms with Crippen molar-refractivity contribution in [2.45, 2.75) is 33.3 Å². The Morgan fingerprint density at radius 1 is 1.11 bits per heavy atom. The first-order valence-electron chi connectivity index (χ1n) is 8.83. The lowest BCUT2D eigenvalue weighted by Crippen LogP contribution is -2.54. The molecule has 1 aliphatic rings. The van der Waals surface area contributed by atoms with Crippen molar-refractivity contribution >= 4 is 29.2 Å². The van der Waals surface area contributed by atoms with Gasteiger partial charge in [0, 0.05) is 5.69 Å². The van der Waals surface area contributed by atoms with Crippen molar-refractivity contribution in [2.75, 3.05) is 16.8 Å². The van der Waals surface area contributed by atoms with Gasteiger partial charge in [-0.2, -0.15) is 0 Å². The molecular weight excluding hydrogens is 360 g/mol. The number of carboxylic acids is 1. The Balaban J connectivity index is 1.89. The summed E-state index contributed by atoms with van der Waals surface area (Å²) in [5.41, 5.74) is 1.89. The van der Waals surface area contributed by atoms with Gasteiger partial charge in [0.1, 0.15) is 12.3 Å². The van der Waals surface area contributed by atoms with Crippen molar-refractivity contribution in [1.82, 2.24) is 0 Å². The Morgan fingerprint density at radius 2 is 1.75 bits per heavy atom. The minimum absolute atomic E-state index is 0.0449. The van der Waals surface area contributed by atoms with Gasteiger partial charge in [-0.3, -0.25) is 14.5 Å². The molecule has 0 aromatic heterocycles. The fraction of sp³-hybridized carbons (Fsp3) is 0.286. The van der Waals surface area contributed by atoms with Gasteiger partial charge in [-0.1, -0.05) is 6.07 Å². The zero-order valence-corrected chi connectivity index (χ0v) is 16.2. The summed E-state index contributed by atoms with van der Waals surface area (Å²) in [6, 6.07) is 9.92. The Bertz CT molecular complexity index is 961. The van der Waals surface area contributed by atoms with Gasteiger partial charge in [0.25, 0.3) is 5.91 Å². The number of carbonyl (C=O) groups is 3. The Labute approximate surface area is 162 Å². The number of fused-ring (bicyclic) bond motifs is 1. The zero-order valence-electron chi connectivity index (χ0n) is 16.2. The minimum atomic E-state index is -1.22. The molecule has 28 heavy (non-hydrogen) atoms. The largest absolute Gasteiger partial charge is 0.478 e. The van der Waals surface area contributed by atoms with Crippen LogP contribution in [0.5, 0.6) is 5.75 Å². The average Bonchev–Trinajstić information content (AvgIpc) is 2.57. The molecule has 2 aromatic rings. The van der Waals surface area contributed by atoms with Gasteiger partial charge >= 0.3 is 5.97 Å². The van der Waals surface area contributed by atoms with Crippen LogP contribution in [0, 0.1) is 13.8 Å². The number of rotatable bonds is 4. The highest BCUT2D eigenvalue weighted by Gasteiger charge is 2.41. The van der Waals surface area contributed by atoms with Gasteiger partial charge in [-0.15, -0.1) is 0 Å². The Kier molecular flexibility index (Phi) is 4.85. The van der Waals surface area contributed by atoms with Crippen LogP contribution in [0.2, 0.25) is 0 Å². The van der Waals surface area contributed by atoms with Crippen molar-refractivity contribution < 1.29 is 24.2 Å². The third-order valence-electron chi connectivity index (χ3n) is 4.43. The summed E-state index contributed by atoms with van der Waals surface area (Å²) in [6.45, 7) is 6.83. The van der Waals surface area contributed by atoms with E-state index < -0.39 is 11.6 Å². The maximum absolute atomic E-state index is 12.8. The fourth-order valence-electron chi connectivity index (χ4n) is 3.25. The SMILES string of the molecule is Cc1cc(C)cc(NC(=O)CN2C(=O)C(C)(C)Oc3cc(C(=O)O)ccc32)c1. The summed E-state index contributed by atoms with van der Waals surface area (Å²) in [5.74, 6) is -1.58. The molecule has 0 radical (unpaired) electrons.